The van der Waals surface area contributed by atoms with E-state index in [2.05, 4.69) is 16.0 Å². The van der Waals surface area contributed by atoms with E-state index in [0.717, 1.165) is 30.6 Å². The minimum Gasteiger partial charge on any atom is -0.497 e. The Labute approximate surface area is 209 Å². The van der Waals surface area contributed by atoms with Crippen molar-refractivity contribution in [2.45, 2.75) is 70.6 Å². The number of rotatable bonds is 11. The van der Waals surface area contributed by atoms with Gasteiger partial charge in [0.1, 0.15) is 11.5 Å². The van der Waals surface area contributed by atoms with Crippen LogP contribution in [0.2, 0.25) is 0 Å². The SMILES string of the molecule is COCCCOc1cc(CN(C(=O)[C@@H]2CNC[C@@H](NC(=O)NC(C)(C)C)C2)C2CC2)cc(OC)c1. The van der Waals surface area contributed by atoms with E-state index in [1.54, 1.807) is 14.2 Å². The quantitative estimate of drug-likeness (QED) is 0.413. The number of nitrogens with zero attached hydrogens (tertiary/aromatic N) is 1. The van der Waals surface area contributed by atoms with E-state index in [1.807, 2.05) is 43.9 Å². The lowest BCUT2D eigenvalue weighted by atomic mass is 9.94. The number of methoxy groups -OCH3 is 2. The fraction of sp³-hybridized carbons (Fsp3) is 0.692. The molecule has 1 heterocycles. The number of benzene rings is 1. The summed E-state index contributed by atoms with van der Waals surface area (Å²) in [5.41, 5.74) is 0.669. The zero-order valence-corrected chi connectivity index (χ0v) is 21.8. The summed E-state index contributed by atoms with van der Waals surface area (Å²) in [5, 5.41) is 9.28. The molecule has 1 aromatic rings. The first kappa shape index (κ1) is 27.1. The average Bonchev–Trinajstić information content (AvgIpc) is 3.64. The van der Waals surface area contributed by atoms with Crippen LogP contribution in [0.15, 0.2) is 18.2 Å². The Morgan fingerprint density at radius 3 is 2.49 bits per heavy atom. The van der Waals surface area contributed by atoms with Gasteiger partial charge in [0.05, 0.1) is 19.6 Å². The summed E-state index contributed by atoms with van der Waals surface area (Å²) in [6.45, 7) is 8.81. The van der Waals surface area contributed by atoms with Crippen LogP contribution in [0.1, 0.15) is 52.0 Å². The second-order valence-corrected chi connectivity index (χ2v) is 10.5. The van der Waals surface area contributed by atoms with Gasteiger partial charge in [-0.25, -0.2) is 4.79 Å². The summed E-state index contributed by atoms with van der Waals surface area (Å²) >= 11 is 0. The van der Waals surface area contributed by atoms with Crippen molar-refractivity contribution in [3.05, 3.63) is 23.8 Å². The maximum absolute atomic E-state index is 13.6. The van der Waals surface area contributed by atoms with Gasteiger partial charge in [-0.1, -0.05) is 0 Å². The van der Waals surface area contributed by atoms with E-state index in [1.165, 1.54) is 0 Å². The van der Waals surface area contributed by atoms with E-state index in [-0.39, 0.29) is 35.5 Å². The minimum atomic E-state index is -0.312. The highest BCUT2D eigenvalue weighted by Crippen LogP contribution is 2.32. The molecule has 0 unspecified atom stereocenters. The van der Waals surface area contributed by atoms with E-state index < -0.39 is 0 Å². The van der Waals surface area contributed by atoms with Gasteiger partial charge in [0.2, 0.25) is 5.91 Å². The lowest BCUT2D eigenvalue weighted by Crippen LogP contribution is -2.56. The Hall–Kier alpha value is -2.52. The molecule has 1 aliphatic carbocycles. The van der Waals surface area contributed by atoms with Crippen LogP contribution in [-0.2, 0) is 16.1 Å². The van der Waals surface area contributed by atoms with Crippen molar-refractivity contribution in [1.29, 1.82) is 0 Å². The summed E-state index contributed by atoms with van der Waals surface area (Å²) in [4.78, 5) is 27.9. The summed E-state index contributed by atoms with van der Waals surface area (Å²) < 4.78 is 16.5. The normalized spacial score (nSPS) is 20.1. The first-order chi connectivity index (χ1) is 16.7. The van der Waals surface area contributed by atoms with Gasteiger partial charge >= 0.3 is 6.03 Å². The standard InChI is InChI=1S/C26H42N4O5/c1-26(2,3)29-25(32)28-20-13-19(15-27-16-20)24(31)30(21-7-8-21)17-18-11-22(34-5)14-23(12-18)35-10-6-9-33-4/h11-12,14,19-21,27H,6-10,13,15-17H2,1-5H3,(H2,28,29,32)/t19-,20-/m0/s1. The molecule has 3 N–H and O–H groups in total. The molecule has 2 fully saturated rings. The molecule has 2 atom stereocenters. The molecule has 1 aromatic carbocycles. The molecule has 0 bridgehead atoms. The maximum atomic E-state index is 13.6. The van der Waals surface area contributed by atoms with Crippen LogP contribution in [-0.4, -0.2) is 75.0 Å². The number of urea groups is 1. The van der Waals surface area contributed by atoms with Crippen LogP contribution in [0.25, 0.3) is 0 Å². The number of hydrogen-bond acceptors (Lipinski definition) is 6. The molecular formula is C26H42N4O5. The van der Waals surface area contributed by atoms with Gasteiger partial charge in [-0.15, -0.1) is 0 Å². The van der Waals surface area contributed by atoms with Gasteiger partial charge in [0, 0.05) is 63.5 Å². The van der Waals surface area contributed by atoms with Crippen LogP contribution in [0.5, 0.6) is 11.5 Å². The number of carbonyl (C=O) groups excluding carboxylic acids is 2. The van der Waals surface area contributed by atoms with Gasteiger partial charge in [-0.05, 0) is 57.7 Å². The molecule has 1 saturated heterocycles. The molecular weight excluding hydrogens is 448 g/mol. The van der Waals surface area contributed by atoms with E-state index >= 15 is 0 Å². The van der Waals surface area contributed by atoms with Crippen LogP contribution in [0.4, 0.5) is 4.79 Å². The van der Waals surface area contributed by atoms with Gasteiger partial charge in [0.15, 0.2) is 0 Å². The smallest absolute Gasteiger partial charge is 0.315 e. The predicted octanol–water partition coefficient (Wildman–Crippen LogP) is 2.68. The molecule has 9 nitrogen and oxygen atoms in total. The molecule has 0 aromatic heterocycles. The van der Waals surface area contributed by atoms with Gasteiger partial charge in [0.25, 0.3) is 0 Å². The number of carbonyl (C=O) groups is 2. The molecule has 9 heteroatoms. The molecule has 1 aliphatic heterocycles. The lowest BCUT2D eigenvalue weighted by molar-refractivity contribution is -0.137. The fourth-order valence-electron chi connectivity index (χ4n) is 4.32. The molecule has 3 amide bonds. The Morgan fingerprint density at radius 2 is 1.83 bits per heavy atom. The van der Waals surface area contributed by atoms with Crippen molar-refractivity contribution in [3.63, 3.8) is 0 Å². The summed E-state index contributed by atoms with van der Waals surface area (Å²) in [6, 6.07) is 5.78. The van der Waals surface area contributed by atoms with Crippen molar-refractivity contribution >= 4 is 11.9 Å². The third kappa shape index (κ3) is 8.89. The molecule has 3 rings (SSSR count). The third-order valence-electron chi connectivity index (χ3n) is 6.08. The first-order valence-electron chi connectivity index (χ1n) is 12.6. The Kier molecular flexibility index (Phi) is 9.63. The highest BCUT2D eigenvalue weighted by Gasteiger charge is 2.38. The third-order valence-corrected chi connectivity index (χ3v) is 6.08. The highest BCUT2D eigenvalue weighted by atomic mass is 16.5. The first-order valence-corrected chi connectivity index (χ1v) is 12.6. The largest absolute Gasteiger partial charge is 0.497 e. The van der Waals surface area contributed by atoms with Crippen molar-refractivity contribution < 1.29 is 23.8 Å². The number of ether oxygens (including phenoxy) is 3. The summed E-state index contributed by atoms with van der Waals surface area (Å²) in [7, 11) is 3.31. The minimum absolute atomic E-state index is 0.0926. The second kappa shape index (κ2) is 12.4. The van der Waals surface area contributed by atoms with E-state index in [0.29, 0.717) is 45.0 Å². The number of hydrogen-bond donors (Lipinski definition) is 3. The number of piperidine rings is 1. The Balaban J connectivity index is 1.64. The monoisotopic (exact) mass is 490 g/mol. The van der Waals surface area contributed by atoms with Crippen molar-refractivity contribution in [2.75, 3.05) is 40.5 Å². The number of nitrogens with one attached hydrogen (secondary N) is 3. The molecule has 1 saturated carbocycles. The topological polar surface area (TPSA) is 101 Å². The Morgan fingerprint density at radius 1 is 1.09 bits per heavy atom. The van der Waals surface area contributed by atoms with Crippen LogP contribution < -0.4 is 25.4 Å². The second-order valence-electron chi connectivity index (χ2n) is 10.5. The summed E-state index contributed by atoms with van der Waals surface area (Å²) in [5.74, 6) is 1.39. The van der Waals surface area contributed by atoms with E-state index in [4.69, 9.17) is 14.2 Å². The van der Waals surface area contributed by atoms with Crippen molar-refractivity contribution in [2.24, 2.45) is 5.92 Å². The van der Waals surface area contributed by atoms with Gasteiger partial charge < -0.3 is 35.1 Å². The maximum Gasteiger partial charge on any atom is 0.315 e. The molecule has 2 aliphatic rings. The average molecular weight is 491 g/mol. The summed E-state index contributed by atoms with van der Waals surface area (Å²) in [6.07, 6.45) is 3.46. The van der Waals surface area contributed by atoms with Crippen LogP contribution in [0, 0.1) is 5.92 Å². The molecule has 0 radical (unpaired) electrons. The van der Waals surface area contributed by atoms with Gasteiger partial charge in [-0.2, -0.15) is 0 Å². The Bertz CT molecular complexity index is 853. The zero-order valence-electron chi connectivity index (χ0n) is 21.8. The molecule has 0 spiro atoms. The van der Waals surface area contributed by atoms with Crippen molar-refractivity contribution in [3.8, 4) is 11.5 Å². The van der Waals surface area contributed by atoms with Crippen LogP contribution >= 0.6 is 0 Å². The van der Waals surface area contributed by atoms with Crippen LogP contribution in [0.3, 0.4) is 0 Å². The predicted molar refractivity (Wildman–Crippen MR) is 135 cm³/mol. The van der Waals surface area contributed by atoms with Crippen molar-refractivity contribution in [1.82, 2.24) is 20.9 Å². The zero-order chi connectivity index (χ0) is 25.4. The molecule has 35 heavy (non-hydrogen) atoms. The fourth-order valence-corrected chi connectivity index (χ4v) is 4.32. The highest BCUT2D eigenvalue weighted by molar-refractivity contribution is 5.80. The number of amides is 3. The molecule has 196 valence electrons. The lowest BCUT2D eigenvalue weighted by Gasteiger charge is -2.34. The van der Waals surface area contributed by atoms with E-state index in [9.17, 15) is 9.59 Å². The van der Waals surface area contributed by atoms with Gasteiger partial charge in [-0.3, -0.25) is 4.79 Å².